The minimum absolute atomic E-state index is 0.141. The van der Waals surface area contributed by atoms with Crippen LogP contribution in [0.1, 0.15) is 73.8 Å². The van der Waals surface area contributed by atoms with Gasteiger partial charge in [0.15, 0.2) is 0 Å². The first-order valence-electron chi connectivity index (χ1n) is 12.7. The van der Waals surface area contributed by atoms with E-state index in [4.69, 9.17) is 4.74 Å². The molecular weight excluding hydrogens is 420 g/mol. The predicted octanol–water partition coefficient (Wildman–Crippen LogP) is 7.27. The van der Waals surface area contributed by atoms with Gasteiger partial charge >= 0.3 is 5.97 Å². The van der Waals surface area contributed by atoms with E-state index in [9.17, 15) is 9.90 Å². The van der Waals surface area contributed by atoms with Gasteiger partial charge in [-0.15, -0.1) is 0 Å². The van der Waals surface area contributed by atoms with Crippen molar-refractivity contribution in [3.63, 3.8) is 0 Å². The van der Waals surface area contributed by atoms with Crippen LogP contribution in [0.25, 0.3) is 0 Å². The Kier molecular flexibility index (Phi) is 10.2. The van der Waals surface area contributed by atoms with E-state index < -0.39 is 0 Å². The summed E-state index contributed by atoms with van der Waals surface area (Å²) in [7, 11) is 0. The molecule has 1 atom stereocenters. The topological polar surface area (TPSA) is 46.5 Å². The first kappa shape index (κ1) is 25.6. The lowest BCUT2D eigenvalue weighted by Crippen LogP contribution is -2.14. The number of hydrogen-bond donors (Lipinski definition) is 1. The minimum atomic E-state index is -0.141. The van der Waals surface area contributed by atoms with Crippen LogP contribution in [0.4, 0.5) is 0 Å². The molecule has 0 aliphatic carbocycles. The molecule has 3 heteroatoms. The monoisotopic (exact) mass is 458 g/mol. The molecule has 3 nitrogen and oxygen atoms in total. The molecule has 0 fully saturated rings. The average Bonchev–Trinajstić information content (AvgIpc) is 2.86. The number of carbonyl (C=O) groups excluding carboxylic acids is 1. The predicted molar refractivity (Wildman–Crippen MR) is 139 cm³/mol. The Morgan fingerprint density at radius 2 is 1.41 bits per heavy atom. The fourth-order valence-electron chi connectivity index (χ4n) is 4.31. The van der Waals surface area contributed by atoms with Crippen molar-refractivity contribution in [1.82, 2.24) is 0 Å². The Bertz CT molecular complexity index is 949. The average molecular weight is 459 g/mol. The van der Waals surface area contributed by atoms with Crippen molar-refractivity contribution in [2.45, 2.75) is 65.2 Å². The third kappa shape index (κ3) is 8.06. The molecule has 3 aromatic carbocycles. The molecule has 0 saturated carbocycles. The zero-order valence-corrected chi connectivity index (χ0v) is 20.6. The van der Waals surface area contributed by atoms with Crippen molar-refractivity contribution < 1.29 is 14.6 Å². The van der Waals surface area contributed by atoms with Gasteiger partial charge in [0.1, 0.15) is 5.75 Å². The number of esters is 1. The van der Waals surface area contributed by atoms with E-state index in [2.05, 4.69) is 38.1 Å². The number of benzene rings is 3. The van der Waals surface area contributed by atoms with Crippen LogP contribution in [0.15, 0.2) is 72.8 Å². The molecule has 1 unspecified atom stereocenters. The molecule has 0 saturated heterocycles. The molecule has 180 valence electrons. The van der Waals surface area contributed by atoms with Crippen molar-refractivity contribution >= 4 is 5.97 Å². The smallest absolute Gasteiger partial charge is 0.306 e. The molecule has 0 aliphatic rings. The van der Waals surface area contributed by atoms with Crippen molar-refractivity contribution in [3.8, 4) is 5.75 Å². The van der Waals surface area contributed by atoms with Crippen LogP contribution < -0.4 is 0 Å². The van der Waals surface area contributed by atoms with Crippen molar-refractivity contribution in [3.05, 3.63) is 101 Å². The highest BCUT2D eigenvalue weighted by molar-refractivity contribution is 5.69. The fourth-order valence-corrected chi connectivity index (χ4v) is 4.31. The summed E-state index contributed by atoms with van der Waals surface area (Å²) in [6.45, 7) is 4.87. The van der Waals surface area contributed by atoms with Gasteiger partial charge in [-0.25, -0.2) is 0 Å². The quantitative estimate of drug-likeness (QED) is 0.274. The van der Waals surface area contributed by atoms with Crippen molar-refractivity contribution in [2.75, 3.05) is 6.61 Å². The van der Waals surface area contributed by atoms with Gasteiger partial charge in [0.2, 0.25) is 0 Å². The first-order chi connectivity index (χ1) is 16.6. The van der Waals surface area contributed by atoms with Crippen LogP contribution in [0.3, 0.4) is 0 Å². The molecule has 0 radical (unpaired) electrons. The number of aromatic hydroxyl groups is 1. The fraction of sp³-hybridized carbons (Fsp3) is 0.387. The number of rotatable bonds is 13. The maximum Gasteiger partial charge on any atom is 0.306 e. The molecule has 3 aromatic rings. The van der Waals surface area contributed by atoms with E-state index in [1.54, 1.807) is 0 Å². The standard InChI is InChI=1S/C31H38O3/c1-3-5-12-24(4-2)23-34-30(32)18-17-27-21-28(19-25-13-8-6-9-14-25)31(33)29(22-27)20-26-15-10-7-11-16-26/h6-11,13-16,21-22,24,33H,3-5,12,17-20,23H2,1-2H3. The van der Waals surface area contributed by atoms with Crippen LogP contribution in [0, 0.1) is 5.92 Å². The number of aryl methyl sites for hydroxylation is 1. The molecule has 0 bridgehead atoms. The van der Waals surface area contributed by atoms with Gasteiger partial charge in [0.25, 0.3) is 0 Å². The lowest BCUT2D eigenvalue weighted by Gasteiger charge is -2.15. The Morgan fingerprint density at radius 1 is 0.853 bits per heavy atom. The summed E-state index contributed by atoms with van der Waals surface area (Å²) >= 11 is 0. The summed E-state index contributed by atoms with van der Waals surface area (Å²) in [6.07, 6.45) is 6.77. The summed E-state index contributed by atoms with van der Waals surface area (Å²) in [5.41, 5.74) is 5.15. The summed E-state index contributed by atoms with van der Waals surface area (Å²) in [4.78, 5) is 12.5. The number of phenols is 1. The van der Waals surface area contributed by atoms with Gasteiger partial charge in [-0.3, -0.25) is 4.79 Å². The highest BCUT2D eigenvalue weighted by Crippen LogP contribution is 2.30. The van der Waals surface area contributed by atoms with E-state index in [0.717, 1.165) is 40.7 Å². The second kappa shape index (κ2) is 13.6. The number of hydrogen-bond acceptors (Lipinski definition) is 3. The Morgan fingerprint density at radius 3 is 1.91 bits per heavy atom. The lowest BCUT2D eigenvalue weighted by molar-refractivity contribution is -0.145. The van der Waals surface area contributed by atoms with E-state index >= 15 is 0 Å². The van der Waals surface area contributed by atoms with E-state index in [0.29, 0.717) is 44.0 Å². The molecular formula is C31H38O3. The SMILES string of the molecule is CCCCC(CC)COC(=O)CCc1cc(Cc2ccccc2)c(O)c(Cc2ccccc2)c1. The molecule has 0 aromatic heterocycles. The van der Waals surface area contributed by atoms with Gasteiger partial charge in [-0.1, -0.05) is 106 Å². The number of phenolic OH excluding ortho intramolecular Hbond substituents is 1. The summed E-state index contributed by atoms with van der Waals surface area (Å²) in [5.74, 6) is 0.658. The number of ether oxygens (including phenoxy) is 1. The molecule has 0 heterocycles. The van der Waals surface area contributed by atoms with Gasteiger partial charge in [0, 0.05) is 19.3 Å². The highest BCUT2D eigenvalue weighted by Gasteiger charge is 2.14. The molecule has 34 heavy (non-hydrogen) atoms. The van der Waals surface area contributed by atoms with Crippen molar-refractivity contribution in [2.24, 2.45) is 5.92 Å². The largest absolute Gasteiger partial charge is 0.507 e. The molecule has 0 amide bonds. The van der Waals surface area contributed by atoms with Crippen LogP contribution >= 0.6 is 0 Å². The maximum atomic E-state index is 12.5. The van der Waals surface area contributed by atoms with Gasteiger partial charge in [-0.05, 0) is 46.6 Å². The van der Waals surface area contributed by atoms with Crippen molar-refractivity contribution in [1.29, 1.82) is 0 Å². The van der Waals surface area contributed by atoms with E-state index in [-0.39, 0.29) is 5.97 Å². The zero-order valence-electron chi connectivity index (χ0n) is 20.6. The second-order valence-electron chi connectivity index (χ2n) is 9.19. The van der Waals surface area contributed by atoms with E-state index in [1.165, 1.54) is 12.8 Å². The third-order valence-corrected chi connectivity index (χ3v) is 6.44. The maximum absolute atomic E-state index is 12.5. The first-order valence-corrected chi connectivity index (χ1v) is 12.7. The van der Waals surface area contributed by atoms with Crippen LogP contribution in [-0.2, 0) is 28.8 Å². The van der Waals surface area contributed by atoms with Crippen LogP contribution in [0.5, 0.6) is 5.75 Å². The van der Waals surface area contributed by atoms with Gasteiger partial charge < -0.3 is 9.84 Å². The van der Waals surface area contributed by atoms with Crippen LogP contribution in [0.2, 0.25) is 0 Å². The Labute approximate surface area is 204 Å². The minimum Gasteiger partial charge on any atom is -0.507 e. The lowest BCUT2D eigenvalue weighted by atomic mass is 9.93. The third-order valence-electron chi connectivity index (χ3n) is 6.44. The molecule has 1 N–H and O–H groups in total. The molecule has 3 rings (SSSR count). The summed E-state index contributed by atoms with van der Waals surface area (Å²) in [6, 6.07) is 24.4. The number of carbonyl (C=O) groups is 1. The second-order valence-corrected chi connectivity index (χ2v) is 9.19. The van der Waals surface area contributed by atoms with Gasteiger partial charge in [0.05, 0.1) is 6.61 Å². The normalized spacial score (nSPS) is 11.8. The zero-order chi connectivity index (χ0) is 24.2. The van der Waals surface area contributed by atoms with Crippen LogP contribution in [-0.4, -0.2) is 17.7 Å². The summed E-state index contributed by atoms with van der Waals surface area (Å²) in [5, 5.41) is 11.1. The molecule has 0 spiro atoms. The Hall–Kier alpha value is -3.07. The Balaban J connectivity index is 1.71. The van der Waals surface area contributed by atoms with Gasteiger partial charge in [-0.2, -0.15) is 0 Å². The van der Waals surface area contributed by atoms with E-state index in [1.807, 2.05) is 48.5 Å². The highest BCUT2D eigenvalue weighted by atomic mass is 16.5. The number of unbranched alkanes of at least 4 members (excludes halogenated alkanes) is 1. The summed E-state index contributed by atoms with van der Waals surface area (Å²) < 4.78 is 5.60. The molecule has 0 aliphatic heterocycles.